The molecule has 0 aliphatic heterocycles. The van der Waals surface area contributed by atoms with Gasteiger partial charge >= 0.3 is 0 Å². The highest BCUT2D eigenvalue weighted by Gasteiger charge is 2.08. The van der Waals surface area contributed by atoms with Crippen molar-refractivity contribution in [3.05, 3.63) is 30.1 Å². The number of sulfonamides is 1. The predicted molar refractivity (Wildman–Crippen MR) is 75.3 cm³/mol. The average Bonchev–Trinajstić information content (AvgIpc) is 2.72. The highest BCUT2D eigenvalue weighted by molar-refractivity contribution is 7.89. The molecule has 19 heavy (non-hydrogen) atoms. The summed E-state index contributed by atoms with van der Waals surface area (Å²) in [4.78, 5) is 4.50. The number of fused-ring (bicyclic) bond motifs is 1. The Bertz CT molecular complexity index is 663. The molecule has 0 amide bonds. The maximum atomic E-state index is 11.2. The van der Waals surface area contributed by atoms with E-state index in [-0.39, 0.29) is 5.75 Å². The summed E-state index contributed by atoms with van der Waals surface area (Å²) < 4.78 is 26.8. The summed E-state index contributed by atoms with van der Waals surface area (Å²) in [6, 6.07) is 7.90. The van der Waals surface area contributed by atoms with E-state index in [2.05, 4.69) is 15.0 Å². The Morgan fingerprint density at radius 2 is 2.05 bits per heavy atom. The lowest BCUT2D eigenvalue weighted by Gasteiger charge is -2.05. The van der Waals surface area contributed by atoms with Crippen LogP contribution in [0.5, 0.6) is 0 Å². The highest BCUT2D eigenvalue weighted by Crippen LogP contribution is 2.13. The van der Waals surface area contributed by atoms with Gasteiger partial charge in [-0.25, -0.2) is 18.1 Å². The zero-order chi connectivity index (χ0) is 13.9. The van der Waals surface area contributed by atoms with Crippen molar-refractivity contribution in [1.82, 2.24) is 19.6 Å². The van der Waals surface area contributed by atoms with E-state index in [0.717, 1.165) is 16.9 Å². The maximum Gasteiger partial charge on any atom is 0.212 e. The van der Waals surface area contributed by atoms with Gasteiger partial charge in [0, 0.05) is 13.6 Å². The Morgan fingerprint density at radius 3 is 2.74 bits per heavy atom. The van der Waals surface area contributed by atoms with Crippen LogP contribution in [0.3, 0.4) is 0 Å². The number of nitrogens with zero attached hydrogens (tertiary/aromatic N) is 2. The number of nitrogens with one attached hydrogen (secondary N) is 2. The molecule has 1 aromatic carbocycles. The second-order valence-electron chi connectivity index (χ2n) is 4.28. The number of aromatic nitrogens is 2. The zero-order valence-corrected chi connectivity index (χ0v) is 11.9. The van der Waals surface area contributed by atoms with Gasteiger partial charge in [-0.15, -0.1) is 0 Å². The first-order valence-corrected chi connectivity index (χ1v) is 7.71. The van der Waals surface area contributed by atoms with Crippen molar-refractivity contribution in [1.29, 1.82) is 0 Å². The fraction of sp³-hybridized carbons (Fsp3) is 0.417. The van der Waals surface area contributed by atoms with E-state index in [1.54, 1.807) is 0 Å². The first kappa shape index (κ1) is 14.0. The molecule has 0 fully saturated rings. The minimum atomic E-state index is -3.15. The molecule has 2 aromatic rings. The van der Waals surface area contributed by atoms with Crippen LogP contribution in [0.2, 0.25) is 0 Å². The second kappa shape index (κ2) is 5.68. The van der Waals surface area contributed by atoms with Gasteiger partial charge in [0.2, 0.25) is 10.0 Å². The van der Waals surface area contributed by atoms with Crippen LogP contribution in [0.1, 0.15) is 5.82 Å². The molecule has 1 aromatic heterocycles. The van der Waals surface area contributed by atoms with E-state index in [9.17, 15) is 8.42 Å². The van der Waals surface area contributed by atoms with Crippen LogP contribution in [0.4, 0.5) is 0 Å². The van der Waals surface area contributed by atoms with Crippen LogP contribution in [-0.4, -0.2) is 37.3 Å². The van der Waals surface area contributed by atoms with Gasteiger partial charge < -0.3 is 9.88 Å². The number of aryl methyl sites for hydroxylation is 1. The second-order valence-corrected chi connectivity index (χ2v) is 6.32. The Morgan fingerprint density at radius 1 is 1.32 bits per heavy atom. The van der Waals surface area contributed by atoms with Crippen molar-refractivity contribution in [3.8, 4) is 0 Å². The quantitative estimate of drug-likeness (QED) is 0.743. The molecule has 0 bridgehead atoms. The molecule has 0 atom stereocenters. The molecule has 6 nitrogen and oxygen atoms in total. The summed E-state index contributed by atoms with van der Waals surface area (Å²) in [6.07, 6.45) is 0. The molecular formula is C12H18N4O2S. The third kappa shape index (κ3) is 3.31. The topological polar surface area (TPSA) is 76.0 Å². The molecule has 0 saturated heterocycles. The van der Waals surface area contributed by atoms with Gasteiger partial charge in [0.25, 0.3) is 0 Å². The molecule has 2 N–H and O–H groups in total. The van der Waals surface area contributed by atoms with Gasteiger partial charge in [-0.05, 0) is 19.2 Å². The van der Waals surface area contributed by atoms with E-state index < -0.39 is 10.0 Å². The van der Waals surface area contributed by atoms with Crippen molar-refractivity contribution in [3.63, 3.8) is 0 Å². The molecule has 104 valence electrons. The van der Waals surface area contributed by atoms with E-state index >= 15 is 0 Å². The summed E-state index contributed by atoms with van der Waals surface area (Å²) >= 11 is 0. The van der Waals surface area contributed by atoms with Gasteiger partial charge in [0.15, 0.2) is 0 Å². The molecular weight excluding hydrogens is 264 g/mol. The molecule has 0 unspecified atom stereocenters. The molecule has 1 heterocycles. The van der Waals surface area contributed by atoms with Crippen LogP contribution >= 0.6 is 0 Å². The van der Waals surface area contributed by atoms with Crippen molar-refractivity contribution >= 4 is 21.1 Å². The number of hydrogen-bond acceptors (Lipinski definition) is 4. The molecule has 0 saturated carbocycles. The van der Waals surface area contributed by atoms with Crippen LogP contribution in [0.15, 0.2) is 24.3 Å². The summed E-state index contributed by atoms with van der Waals surface area (Å²) in [7, 11) is 0.224. The number of imidazole rings is 1. The van der Waals surface area contributed by atoms with Crippen LogP contribution in [0, 0.1) is 0 Å². The third-order valence-corrected chi connectivity index (χ3v) is 4.39. The normalized spacial score (nSPS) is 12.1. The lowest BCUT2D eigenvalue weighted by Crippen LogP contribution is -2.29. The van der Waals surface area contributed by atoms with Gasteiger partial charge in [-0.2, -0.15) is 0 Å². The fourth-order valence-corrected chi connectivity index (χ4v) is 2.48. The zero-order valence-electron chi connectivity index (χ0n) is 11.0. The van der Waals surface area contributed by atoms with E-state index in [0.29, 0.717) is 13.1 Å². The van der Waals surface area contributed by atoms with Gasteiger partial charge in [0.1, 0.15) is 5.82 Å². The summed E-state index contributed by atoms with van der Waals surface area (Å²) in [5.74, 6) is 0.955. The van der Waals surface area contributed by atoms with Gasteiger partial charge in [0.05, 0.1) is 23.3 Å². The maximum absolute atomic E-state index is 11.2. The molecule has 0 radical (unpaired) electrons. The van der Waals surface area contributed by atoms with Crippen molar-refractivity contribution in [2.45, 2.75) is 6.54 Å². The first-order chi connectivity index (χ1) is 9.03. The van der Waals surface area contributed by atoms with Crippen molar-refractivity contribution in [2.75, 3.05) is 19.3 Å². The van der Waals surface area contributed by atoms with Crippen LogP contribution < -0.4 is 10.0 Å². The molecule has 7 heteroatoms. The number of para-hydroxylation sites is 2. The fourth-order valence-electron chi connectivity index (χ4n) is 1.86. The van der Waals surface area contributed by atoms with E-state index in [1.807, 2.05) is 35.9 Å². The Labute approximate surface area is 112 Å². The van der Waals surface area contributed by atoms with Gasteiger partial charge in [-0.1, -0.05) is 12.1 Å². The Kier molecular flexibility index (Phi) is 4.18. The van der Waals surface area contributed by atoms with Crippen LogP contribution in [-0.2, 0) is 23.6 Å². The highest BCUT2D eigenvalue weighted by atomic mass is 32.2. The third-order valence-electron chi connectivity index (χ3n) is 3.02. The number of rotatable bonds is 6. The predicted octanol–water partition coefficient (Wildman–Crippen LogP) is 0.212. The molecule has 0 spiro atoms. The monoisotopic (exact) mass is 282 g/mol. The Hall–Kier alpha value is -1.44. The smallest absolute Gasteiger partial charge is 0.212 e. The molecule has 0 aliphatic carbocycles. The first-order valence-electron chi connectivity index (χ1n) is 6.06. The molecule has 0 aliphatic rings. The van der Waals surface area contributed by atoms with E-state index in [4.69, 9.17) is 0 Å². The minimum Gasteiger partial charge on any atom is -0.330 e. The average molecular weight is 282 g/mol. The van der Waals surface area contributed by atoms with Crippen molar-refractivity contribution in [2.24, 2.45) is 7.05 Å². The summed E-state index contributed by atoms with van der Waals surface area (Å²) in [5.41, 5.74) is 2.02. The summed E-state index contributed by atoms with van der Waals surface area (Å²) in [5, 5.41) is 3.09. The lowest BCUT2D eigenvalue weighted by atomic mass is 10.3. The van der Waals surface area contributed by atoms with Gasteiger partial charge in [-0.3, -0.25) is 0 Å². The van der Waals surface area contributed by atoms with Crippen LogP contribution in [0.25, 0.3) is 11.0 Å². The minimum absolute atomic E-state index is 0.0629. The van der Waals surface area contributed by atoms with Crippen molar-refractivity contribution < 1.29 is 8.42 Å². The lowest BCUT2D eigenvalue weighted by molar-refractivity contribution is 0.581. The Balaban J connectivity index is 1.97. The standard InChI is InChI=1S/C12H18N4O2S/c1-13-19(17,18)8-7-14-9-12-15-10-5-3-4-6-11(10)16(12)2/h3-6,13-14H,7-9H2,1-2H3. The number of benzene rings is 1. The summed E-state index contributed by atoms with van der Waals surface area (Å²) in [6.45, 7) is 0.941. The molecule has 2 rings (SSSR count). The number of hydrogen-bond donors (Lipinski definition) is 2. The SMILES string of the molecule is CNS(=O)(=O)CCNCc1nc2ccccc2n1C. The largest absolute Gasteiger partial charge is 0.330 e. The van der Waals surface area contributed by atoms with E-state index in [1.165, 1.54) is 7.05 Å².